The van der Waals surface area contributed by atoms with Crippen molar-refractivity contribution in [2.75, 3.05) is 5.75 Å². The number of thiocarbonyl (C=S) groups is 1. The SMILES string of the molecule is CC(C)[C@H]1CSC(=S)N1C(=O)[C@H](C)c1ccccc1. The van der Waals surface area contributed by atoms with Crippen molar-refractivity contribution in [3.05, 3.63) is 35.9 Å². The Balaban J connectivity index is 2.21. The van der Waals surface area contributed by atoms with Crippen molar-refractivity contribution >= 4 is 34.2 Å². The van der Waals surface area contributed by atoms with Crippen molar-refractivity contribution in [2.45, 2.75) is 32.7 Å². The third kappa shape index (κ3) is 3.00. The molecule has 0 spiro atoms. The Bertz CT molecular complexity index is 472. The smallest absolute Gasteiger partial charge is 0.235 e. The number of carbonyl (C=O) groups is 1. The molecule has 1 heterocycles. The summed E-state index contributed by atoms with van der Waals surface area (Å²) in [6.07, 6.45) is 0. The van der Waals surface area contributed by atoms with Crippen LogP contribution >= 0.6 is 24.0 Å². The largest absolute Gasteiger partial charge is 0.293 e. The van der Waals surface area contributed by atoms with Gasteiger partial charge in [-0.05, 0) is 18.4 Å². The van der Waals surface area contributed by atoms with Gasteiger partial charge >= 0.3 is 0 Å². The molecule has 0 bridgehead atoms. The van der Waals surface area contributed by atoms with Gasteiger partial charge < -0.3 is 0 Å². The lowest BCUT2D eigenvalue weighted by Crippen LogP contribution is -2.43. The molecule has 1 aromatic rings. The summed E-state index contributed by atoms with van der Waals surface area (Å²) in [6, 6.07) is 10.1. The third-order valence-electron chi connectivity index (χ3n) is 3.58. The summed E-state index contributed by atoms with van der Waals surface area (Å²) < 4.78 is 0.728. The first kappa shape index (κ1) is 14.5. The zero-order valence-electron chi connectivity index (χ0n) is 11.5. The molecule has 1 aromatic carbocycles. The quantitative estimate of drug-likeness (QED) is 0.793. The predicted molar refractivity (Wildman–Crippen MR) is 85.4 cm³/mol. The van der Waals surface area contributed by atoms with E-state index in [-0.39, 0.29) is 17.9 Å². The molecule has 0 aliphatic carbocycles. The predicted octanol–water partition coefficient (Wildman–Crippen LogP) is 3.68. The molecule has 2 nitrogen and oxygen atoms in total. The standard InChI is InChI=1S/C15H19NOS2/c1-10(2)13-9-19-15(18)16(13)14(17)11(3)12-7-5-4-6-8-12/h4-8,10-11,13H,9H2,1-3H3/t11-,13-/m1/s1. The van der Waals surface area contributed by atoms with E-state index < -0.39 is 0 Å². The zero-order chi connectivity index (χ0) is 14.0. The Kier molecular flexibility index (Phi) is 4.63. The Labute approximate surface area is 124 Å². The average Bonchev–Trinajstić information content (AvgIpc) is 2.80. The first-order chi connectivity index (χ1) is 9.02. The molecule has 4 heteroatoms. The van der Waals surface area contributed by atoms with Crippen LogP contribution in [0.15, 0.2) is 30.3 Å². The van der Waals surface area contributed by atoms with Crippen molar-refractivity contribution in [1.82, 2.24) is 4.90 Å². The number of hydrogen-bond acceptors (Lipinski definition) is 3. The van der Waals surface area contributed by atoms with Gasteiger partial charge in [-0.1, -0.05) is 68.2 Å². The molecule has 0 radical (unpaired) electrons. The Hall–Kier alpha value is -0.870. The summed E-state index contributed by atoms with van der Waals surface area (Å²) in [6.45, 7) is 6.25. The number of hydrogen-bond donors (Lipinski definition) is 0. The van der Waals surface area contributed by atoms with Crippen LogP contribution in [0.2, 0.25) is 0 Å². The van der Waals surface area contributed by atoms with E-state index in [1.165, 1.54) is 0 Å². The number of thioether (sulfide) groups is 1. The van der Waals surface area contributed by atoms with Crippen LogP contribution in [0.4, 0.5) is 0 Å². The normalized spacial score (nSPS) is 20.9. The Morgan fingerprint density at radius 1 is 1.32 bits per heavy atom. The number of amides is 1. The van der Waals surface area contributed by atoms with Crippen molar-refractivity contribution in [1.29, 1.82) is 0 Å². The second-order valence-corrected chi connectivity index (χ2v) is 6.88. The van der Waals surface area contributed by atoms with E-state index >= 15 is 0 Å². The van der Waals surface area contributed by atoms with E-state index in [0.29, 0.717) is 5.92 Å². The van der Waals surface area contributed by atoms with Gasteiger partial charge in [-0.3, -0.25) is 9.69 Å². The van der Waals surface area contributed by atoms with Crippen LogP contribution in [0.25, 0.3) is 0 Å². The summed E-state index contributed by atoms with van der Waals surface area (Å²) in [4.78, 5) is 14.5. The molecule has 2 atom stereocenters. The van der Waals surface area contributed by atoms with E-state index in [4.69, 9.17) is 12.2 Å². The molecular formula is C15H19NOS2. The van der Waals surface area contributed by atoms with Crippen LogP contribution in [0, 0.1) is 5.92 Å². The lowest BCUT2D eigenvalue weighted by Gasteiger charge is -2.29. The lowest BCUT2D eigenvalue weighted by molar-refractivity contribution is -0.130. The summed E-state index contributed by atoms with van der Waals surface area (Å²) in [5.41, 5.74) is 1.05. The van der Waals surface area contributed by atoms with Crippen LogP contribution < -0.4 is 0 Å². The van der Waals surface area contributed by atoms with E-state index in [2.05, 4.69) is 13.8 Å². The molecule has 0 aromatic heterocycles. The number of rotatable bonds is 3. The molecule has 102 valence electrons. The molecule has 1 amide bonds. The molecule has 1 aliphatic heterocycles. The minimum atomic E-state index is -0.140. The maximum absolute atomic E-state index is 12.7. The summed E-state index contributed by atoms with van der Waals surface area (Å²) in [7, 11) is 0. The van der Waals surface area contributed by atoms with Crippen LogP contribution in [0.3, 0.4) is 0 Å². The summed E-state index contributed by atoms with van der Waals surface area (Å²) in [5, 5.41) is 0. The fourth-order valence-electron chi connectivity index (χ4n) is 2.27. The van der Waals surface area contributed by atoms with Gasteiger partial charge in [0.2, 0.25) is 5.91 Å². The topological polar surface area (TPSA) is 20.3 Å². The molecule has 1 saturated heterocycles. The average molecular weight is 293 g/mol. The van der Waals surface area contributed by atoms with Crippen molar-refractivity contribution < 1.29 is 4.79 Å². The van der Waals surface area contributed by atoms with Crippen molar-refractivity contribution in [3.63, 3.8) is 0 Å². The van der Waals surface area contributed by atoms with E-state index in [1.807, 2.05) is 42.2 Å². The van der Waals surface area contributed by atoms with Gasteiger partial charge in [-0.2, -0.15) is 0 Å². The third-order valence-corrected chi connectivity index (χ3v) is 5.08. The molecule has 2 rings (SSSR count). The van der Waals surface area contributed by atoms with E-state index in [9.17, 15) is 4.79 Å². The second-order valence-electron chi connectivity index (χ2n) is 5.23. The fraction of sp³-hybridized carbons (Fsp3) is 0.467. The highest BCUT2D eigenvalue weighted by Gasteiger charge is 2.37. The maximum Gasteiger partial charge on any atom is 0.235 e. The monoisotopic (exact) mass is 293 g/mol. The molecule has 19 heavy (non-hydrogen) atoms. The number of carbonyl (C=O) groups excluding carboxylic acids is 1. The minimum absolute atomic E-state index is 0.125. The Morgan fingerprint density at radius 3 is 2.53 bits per heavy atom. The van der Waals surface area contributed by atoms with Crippen LogP contribution in [0.1, 0.15) is 32.3 Å². The highest BCUT2D eigenvalue weighted by Crippen LogP contribution is 2.32. The number of nitrogens with zero attached hydrogens (tertiary/aromatic N) is 1. The highest BCUT2D eigenvalue weighted by molar-refractivity contribution is 8.23. The lowest BCUT2D eigenvalue weighted by atomic mass is 9.97. The summed E-state index contributed by atoms with van der Waals surface area (Å²) in [5.74, 6) is 1.34. The second kappa shape index (κ2) is 6.06. The number of benzene rings is 1. The highest BCUT2D eigenvalue weighted by atomic mass is 32.2. The van der Waals surface area contributed by atoms with Crippen molar-refractivity contribution in [2.24, 2.45) is 5.92 Å². The van der Waals surface area contributed by atoms with Gasteiger partial charge in [-0.25, -0.2) is 0 Å². The first-order valence-electron chi connectivity index (χ1n) is 6.57. The molecule has 1 aliphatic rings. The fourth-order valence-corrected chi connectivity index (χ4v) is 3.91. The molecule has 0 saturated carbocycles. The van der Waals surface area contributed by atoms with Crippen LogP contribution in [0.5, 0.6) is 0 Å². The zero-order valence-corrected chi connectivity index (χ0v) is 13.1. The van der Waals surface area contributed by atoms with Crippen LogP contribution in [-0.2, 0) is 4.79 Å². The first-order valence-corrected chi connectivity index (χ1v) is 7.96. The van der Waals surface area contributed by atoms with Gasteiger partial charge in [0.1, 0.15) is 4.32 Å². The maximum atomic E-state index is 12.7. The molecule has 0 N–H and O–H groups in total. The van der Waals surface area contributed by atoms with E-state index in [1.54, 1.807) is 11.8 Å². The van der Waals surface area contributed by atoms with Gasteiger partial charge in [0.15, 0.2) is 0 Å². The van der Waals surface area contributed by atoms with Crippen LogP contribution in [-0.4, -0.2) is 26.9 Å². The molecule has 1 fully saturated rings. The van der Waals surface area contributed by atoms with Gasteiger partial charge in [0, 0.05) is 11.8 Å². The Morgan fingerprint density at radius 2 is 1.95 bits per heavy atom. The van der Waals surface area contributed by atoms with Gasteiger partial charge in [0.25, 0.3) is 0 Å². The molecular weight excluding hydrogens is 274 g/mol. The van der Waals surface area contributed by atoms with Crippen molar-refractivity contribution in [3.8, 4) is 0 Å². The minimum Gasteiger partial charge on any atom is -0.293 e. The van der Waals surface area contributed by atoms with E-state index in [0.717, 1.165) is 15.6 Å². The van der Waals surface area contributed by atoms with Gasteiger partial charge in [0.05, 0.1) is 5.92 Å². The summed E-state index contributed by atoms with van der Waals surface area (Å²) >= 11 is 6.97. The van der Waals surface area contributed by atoms with Gasteiger partial charge in [-0.15, -0.1) is 0 Å². The molecule has 0 unspecified atom stereocenters.